The van der Waals surface area contributed by atoms with Crippen LogP contribution in [0.2, 0.25) is 0 Å². The van der Waals surface area contributed by atoms with E-state index in [9.17, 15) is 9.59 Å². The van der Waals surface area contributed by atoms with Gasteiger partial charge in [-0.2, -0.15) is 0 Å². The van der Waals surface area contributed by atoms with Gasteiger partial charge < -0.3 is 24.2 Å². The molecule has 0 aromatic heterocycles. The van der Waals surface area contributed by atoms with Crippen molar-refractivity contribution in [3.8, 4) is 17.2 Å². The van der Waals surface area contributed by atoms with Crippen LogP contribution < -0.4 is 14.2 Å². The lowest BCUT2D eigenvalue weighted by molar-refractivity contribution is -0.137. The lowest BCUT2D eigenvalue weighted by Gasteiger charge is -2.22. The third-order valence-electron chi connectivity index (χ3n) is 3.71. The zero-order valence-corrected chi connectivity index (χ0v) is 14.9. The molecule has 0 heterocycles. The Morgan fingerprint density at radius 3 is 1.96 bits per heavy atom. The summed E-state index contributed by atoms with van der Waals surface area (Å²) in [5, 5.41) is 9.08. The van der Waals surface area contributed by atoms with Gasteiger partial charge in [0.1, 0.15) is 6.54 Å². The first-order valence-electron chi connectivity index (χ1n) is 8.60. The maximum Gasteiger partial charge on any atom is 0.323 e. The normalized spacial score (nSPS) is 13.2. The summed E-state index contributed by atoms with van der Waals surface area (Å²) in [6.45, 7) is 6.46. The summed E-state index contributed by atoms with van der Waals surface area (Å²) in [6, 6.07) is 3.17. The molecular weight excluding hydrogens is 326 g/mol. The quantitative estimate of drug-likeness (QED) is 0.697. The van der Waals surface area contributed by atoms with Crippen molar-refractivity contribution < 1.29 is 28.9 Å². The van der Waals surface area contributed by atoms with Gasteiger partial charge >= 0.3 is 5.97 Å². The van der Waals surface area contributed by atoms with Gasteiger partial charge in [-0.1, -0.05) is 0 Å². The third kappa shape index (κ3) is 4.78. The molecule has 0 bridgehead atoms. The summed E-state index contributed by atoms with van der Waals surface area (Å²) >= 11 is 0. The average Bonchev–Trinajstić information content (AvgIpc) is 3.40. The molecule has 1 fully saturated rings. The topological polar surface area (TPSA) is 85.3 Å². The SMILES string of the molecule is CCOc1cc(C(=O)N(CC(=O)O)C2CC2)cc(OCC)c1OCC. The highest BCUT2D eigenvalue weighted by Gasteiger charge is 2.35. The predicted octanol–water partition coefficient (Wildman–Crippen LogP) is 2.57. The number of carboxylic acid groups (broad SMARTS) is 1. The summed E-state index contributed by atoms with van der Waals surface area (Å²) in [6.07, 6.45) is 1.65. The Hall–Kier alpha value is -2.44. The van der Waals surface area contributed by atoms with E-state index in [1.54, 1.807) is 12.1 Å². The molecule has 1 N–H and O–H groups in total. The van der Waals surface area contributed by atoms with Crippen LogP contribution in [0.15, 0.2) is 12.1 Å². The molecule has 0 saturated heterocycles. The second-order valence-electron chi connectivity index (χ2n) is 5.66. The van der Waals surface area contributed by atoms with Crippen molar-refractivity contribution in [3.63, 3.8) is 0 Å². The molecule has 138 valence electrons. The molecular formula is C18H25NO6. The number of ether oxygens (including phenoxy) is 3. The van der Waals surface area contributed by atoms with Gasteiger partial charge in [0.05, 0.1) is 19.8 Å². The summed E-state index contributed by atoms with van der Waals surface area (Å²) in [7, 11) is 0. The molecule has 1 aromatic rings. The van der Waals surface area contributed by atoms with Crippen LogP contribution in [0.1, 0.15) is 44.0 Å². The van der Waals surface area contributed by atoms with Gasteiger partial charge in [-0.25, -0.2) is 0 Å². The fraction of sp³-hybridized carbons (Fsp3) is 0.556. The Labute approximate surface area is 147 Å². The first kappa shape index (κ1) is 18.9. The molecule has 25 heavy (non-hydrogen) atoms. The molecule has 7 nitrogen and oxygen atoms in total. The Morgan fingerprint density at radius 2 is 1.56 bits per heavy atom. The number of nitrogens with zero attached hydrogens (tertiary/aromatic N) is 1. The number of hydrogen-bond acceptors (Lipinski definition) is 5. The minimum atomic E-state index is -1.03. The number of amides is 1. The Balaban J connectivity index is 2.41. The second kappa shape index (κ2) is 8.60. The zero-order valence-electron chi connectivity index (χ0n) is 14.9. The molecule has 2 rings (SSSR count). The molecule has 1 aliphatic rings. The molecule has 0 aliphatic heterocycles. The fourth-order valence-corrected chi connectivity index (χ4v) is 2.58. The van der Waals surface area contributed by atoms with Crippen LogP contribution in [0.25, 0.3) is 0 Å². The van der Waals surface area contributed by atoms with Gasteiger partial charge in [-0.3, -0.25) is 9.59 Å². The smallest absolute Gasteiger partial charge is 0.323 e. The van der Waals surface area contributed by atoms with Crippen molar-refractivity contribution in [2.24, 2.45) is 0 Å². The molecule has 7 heteroatoms. The van der Waals surface area contributed by atoms with Crippen molar-refractivity contribution >= 4 is 11.9 Å². The van der Waals surface area contributed by atoms with Gasteiger partial charge in [0.25, 0.3) is 5.91 Å². The molecule has 0 spiro atoms. The van der Waals surface area contributed by atoms with Crippen LogP contribution >= 0.6 is 0 Å². The maximum atomic E-state index is 12.9. The molecule has 0 unspecified atom stereocenters. The van der Waals surface area contributed by atoms with Crippen LogP contribution in [0.5, 0.6) is 17.2 Å². The summed E-state index contributed by atoms with van der Waals surface area (Å²) in [4.78, 5) is 25.3. The van der Waals surface area contributed by atoms with E-state index in [0.29, 0.717) is 42.6 Å². The lowest BCUT2D eigenvalue weighted by Crippen LogP contribution is -2.37. The second-order valence-corrected chi connectivity index (χ2v) is 5.66. The van der Waals surface area contributed by atoms with Gasteiger partial charge in [0, 0.05) is 11.6 Å². The standard InChI is InChI=1S/C18H25NO6/c1-4-23-14-9-12(10-15(24-5-2)17(14)25-6-3)18(22)19(11-16(20)21)13-7-8-13/h9-10,13H,4-8,11H2,1-3H3,(H,20,21). The van der Waals surface area contributed by atoms with Crippen LogP contribution in [0.4, 0.5) is 0 Å². The zero-order chi connectivity index (χ0) is 18.4. The van der Waals surface area contributed by atoms with Crippen molar-refractivity contribution in [2.75, 3.05) is 26.4 Å². The van der Waals surface area contributed by atoms with Crippen LogP contribution in [-0.4, -0.2) is 54.3 Å². The molecule has 1 aliphatic carbocycles. The Kier molecular flexibility index (Phi) is 6.50. The van der Waals surface area contributed by atoms with Crippen molar-refractivity contribution in [1.82, 2.24) is 4.90 Å². The number of aliphatic carboxylic acids is 1. The number of carboxylic acids is 1. The van der Waals surface area contributed by atoms with Gasteiger partial charge in [-0.15, -0.1) is 0 Å². The summed E-state index contributed by atoms with van der Waals surface area (Å²) in [5.74, 6) is -0.0653. The van der Waals surface area contributed by atoms with E-state index in [2.05, 4.69) is 0 Å². The van der Waals surface area contributed by atoms with Crippen LogP contribution in [0.3, 0.4) is 0 Å². The highest BCUT2D eigenvalue weighted by Crippen LogP contribution is 2.40. The van der Waals surface area contributed by atoms with Crippen molar-refractivity contribution in [2.45, 2.75) is 39.7 Å². The molecule has 1 saturated carbocycles. The highest BCUT2D eigenvalue weighted by atomic mass is 16.5. The van der Waals surface area contributed by atoms with E-state index >= 15 is 0 Å². The average molecular weight is 351 g/mol. The van der Waals surface area contributed by atoms with E-state index in [1.807, 2.05) is 20.8 Å². The number of benzene rings is 1. The predicted molar refractivity (Wildman–Crippen MR) is 91.6 cm³/mol. The summed E-state index contributed by atoms with van der Waals surface area (Å²) < 4.78 is 16.8. The largest absolute Gasteiger partial charge is 0.490 e. The van der Waals surface area contributed by atoms with Gasteiger partial charge in [0.2, 0.25) is 5.75 Å². The van der Waals surface area contributed by atoms with Crippen LogP contribution in [-0.2, 0) is 4.79 Å². The number of carbonyl (C=O) groups excluding carboxylic acids is 1. The maximum absolute atomic E-state index is 12.9. The molecule has 1 amide bonds. The number of carbonyl (C=O) groups is 2. The van der Waals surface area contributed by atoms with Crippen LogP contribution in [0, 0.1) is 0 Å². The molecule has 0 atom stereocenters. The van der Waals surface area contributed by atoms with E-state index < -0.39 is 5.97 Å². The number of rotatable bonds is 10. The van der Waals surface area contributed by atoms with E-state index in [-0.39, 0.29) is 18.5 Å². The van der Waals surface area contributed by atoms with E-state index in [0.717, 1.165) is 12.8 Å². The fourth-order valence-electron chi connectivity index (χ4n) is 2.58. The van der Waals surface area contributed by atoms with Gasteiger partial charge in [-0.05, 0) is 45.7 Å². The van der Waals surface area contributed by atoms with Crippen molar-refractivity contribution in [1.29, 1.82) is 0 Å². The Morgan fingerprint density at radius 1 is 1.04 bits per heavy atom. The van der Waals surface area contributed by atoms with Gasteiger partial charge in [0.15, 0.2) is 11.5 Å². The monoisotopic (exact) mass is 351 g/mol. The molecule has 1 aromatic carbocycles. The van der Waals surface area contributed by atoms with E-state index in [1.165, 1.54) is 4.90 Å². The minimum Gasteiger partial charge on any atom is -0.490 e. The molecule has 0 radical (unpaired) electrons. The first-order valence-corrected chi connectivity index (χ1v) is 8.60. The van der Waals surface area contributed by atoms with E-state index in [4.69, 9.17) is 19.3 Å². The third-order valence-corrected chi connectivity index (χ3v) is 3.71. The Bertz CT molecular complexity index is 599. The lowest BCUT2D eigenvalue weighted by atomic mass is 10.1. The summed E-state index contributed by atoms with van der Waals surface area (Å²) in [5.41, 5.74) is 0.337. The van der Waals surface area contributed by atoms with Crippen molar-refractivity contribution in [3.05, 3.63) is 17.7 Å². The number of hydrogen-bond donors (Lipinski definition) is 1. The minimum absolute atomic E-state index is 0.0127. The first-order chi connectivity index (χ1) is 12.0. The highest BCUT2D eigenvalue weighted by molar-refractivity contribution is 5.97.